The van der Waals surface area contributed by atoms with E-state index < -0.39 is 5.97 Å². The number of rotatable bonds is 15. The summed E-state index contributed by atoms with van der Waals surface area (Å²) in [5, 5.41) is 14.3. The molecule has 0 saturated carbocycles. The van der Waals surface area contributed by atoms with Crippen molar-refractivity contribution in [2.24, 2.45) is 0 Å². The molecule has 7 rings (SSSR count). The van der Waals surface area contributed by atoms with Gasteiger partial charge in [0.15, 0.2) is 0 Å². The standard InChI is InChI=1S/C42H38N4O7/c1-4-37(38-28(3)52-40(44-38)32-13-9-6-10-14-32)53-34-21-17-30(18-22-34)25-50-41-35(42(47)48)24-46(45-41)23-29-15-19-33(20-16-29)49-26-36-27(2)51-39(43-36)31-11-7-5-8-12-31/h5-22,24,37H,4,23,25-26H2,1-3H3,(H,47,48). The Morgan fingerprint density at radius 1 is 0.736 bits per heavy atom. The number of benzene rings is 4. The summed E-state index contributed by atoms with van der Waals surface area (Å²) in [4.78, 5) is 21.4. The van der Waals surface area contributed by atoms with Gasteiger partial charge in [0.2, 0.25) is 17.7 Å². The quantitative estimate of drug-likeness (QED) is 0.110. The Hall–Kier alpha value is -6.62. The van der Waals surface area contributed by atoms with Gasteiger partial charge < -0.3 is 28.2 Å². The lowest BCUT2D eigenvalue weighted by Gasteiger charge is -2.16. The van der Waals surface area contributed by atoms with Gasteiger partial charge in [0.25, 0.3) is 0 Å². The van der Waals surface area contributed by atoms with Crippen LogP contribution in [0.2, 0.25) is 0 Å². The Bertz CT molecular complexity index is 2280. The molecule has 1 unspecified atom stereocenters. The van der Waals surface area contributed by atoms with Crippen LogP contribution in [0.1, 0.15) is 63.8 Å². The lowest BCUT2D eigenvalue weighted by molar-refractivity contribution is 0.0691. The summed E-state index contributed by atoms with van der Waals surface area (Å²) < 4.78 is 31.5. The van der Waals surface area contributed by atoms with Crippen LogP contribution in [-0.2, 0) is 19.8 Å². The smallest absolute Gasteiger partial charge is 0.342 e. The highest BCUT2D eigenvalue weighted by Crippen LogP contribution is 2.31. The molecule has 1 atom stereocenters. The van der Waals surface area contributed by atoms with Gasteiger partial charge in [-0.25, -0.2) is 14.8 Å². The first-order valence-corrected chi connectivity index (χ1v) is 17.3. The minimum atomic E-state index is -1.12. The summed E-state index contributed by atoms with van der Waals surface area (Å²) in [7, 11) is 0. The minimum absolute atomic E-state index is 0.0218. The van der Waals surface area contributed by atoms with Gasteiger partial charge in [-0.1, -0.05) is 67.6 Å². The zero-order valence-corrected chi connectivity index (χ0v) is 29.6. The van der Waals surface area contributed by atoms with Crippen molar-refractivity contribution in [2.75, 3.05) is 0 Å². The Morgan fingerprint density at radius 3 is 1.98 bits per heavy atom. The van der Waals surface area contributed by atoms with E-state index in [1.807, 2.05) is 130 Å². The van der Waals surface area contributed by atoms with Gasteiger partial charge in [0.1, 0.15) is 59.3 Å². The van der Waals surface area contributed by atoms with Crippen molar-refractivity contribution in [2.45, 2.75) is 53.1 Å². The van der Waals surface area contributed by atoms with Gasteiger partial charge in [-0.2, -0.15) is 0 Å². The Morgan fingerprint density at radius 2 is 1.34 bits per heavy atom. The lowest BCUT2D eigenvalue weighted by atomic mass is 10.1. The fraction of sp³-hybridized carbons (Fsp3) is 0.190. The molecule has 0 bridgehead atoms. The van der Waals surface area contributed by atoms with Crippen molar-refractivity contribution < 1.29 is 32.9 Å². The monoisotopic (exact) mass is 710 g/mol. The number of aromatic nitrogens is 4. The first kappa shape index (κ1) is 34.8. The van der Waals surface area contributed by atoms with E-state index in [-0.39, 0.29) is 30.8 Å². The Labute approximate surface area is 306 Å². The van der Waals surface area contributed by atoms with E-state index in [4.69, 9.17) is 28.0 Å². The summed E-state index contributed by atoms with van der Waals surface area (Å²) in [6.07, 6.45) is 1.88. The molecule has 0 aliphatic heterocycles. The first-order chi connectivity index (χ1) is 25.8. The van der Waals surface area contributed by atoms with Crippen LogP contribution in [0.15, 0.2) is 124 Å². The molecular formula is C42H38N4O7. The van der Waals surface area contributed by atoms with Crippen LogP contribution < -0.4 is 14.2 Å². The molecule has 0 fully saturated rings. The van der Waals surface area contributed by atoms with Crippen molar-refractivity contribution in [3.63, 3.8) is 0 Å². The molecule has 53 heavy (non-hydrogen) atoms. The normalized spacial score (nSPS) is 11.7. The van der Waals surface area contributed by atoms with Crippen LogP contribution in [-0.4, -0.2) is 30.8 Å². The van der Waals surface area contributed by atoms with Gasteiger partial charge in [-0.05, 0) is 79.9 Å². The predicted molar refractivity (Wildman–Crippen MR) is 197 cm³/mol. The molecular weight excluding hydrogens is 672 g/mol. The summed E-state index contributed by atoms with van der Waals surface area (Å²) in [6, 6.07) is 34.5. The summed E-state index contributed by atoms with van der Waals surface area (Å²) in [5.41, 5.74) is 5.01. The molecule has 4 aromatic carbocycles. The van der Waals surface area contributed by atoms with Crippen LogP contribution in [0.25, 0.3) is 22.9 Å². The molecule has 11 heteroatoms. The van der Waals surface area contributed by atoms with E-state index in [1.165, 1.54) is 6.20 Å². The Balaban J connectivity index is 0.939. The maximum atomic E-state index is 12.0. The highest BCUT2D eigenvalue weighted by atomic mass is 16.5. The fourth-order valence-corrected chi connectivity index (χ4v) is 5.76. The number of carboxylic acid groups (broad SMARTS) is 1. The number of nitrogens with zero attached hydrogens (tertiary/aromatic N) is 4. The molecule has 3 aromatic heterocycles. The molecule has 1 N–H and O–H groups in total. The van der Waals surface area contributed by atoms with E-state index in [2.05, 4.69) is 10.1 Å². The summed E-state index contributed by atoms with van der Waals surface area (Å²) in [6.45, 7) is 6.53. The second kappa shape index (κ2) is 15.7. The van der Waals surface area contributed by atoms with E-state index in [1.54, 1.807) is 4.68 Å². The number of oxazole rings is 2. The van der Waals surface area contributed by atoms with Gasteiger partial charge in [0.05, 0.1) is 6.54 Å². The van der Waals surface area contributed by atoms with Crippen molar-refractivity contribution in [1.29, 1.82) is 0 Å². The average Bonchev–Trinajstić information content (AvgIpc) is 3.90. The molecule has 3 heterocycles. The second-order valence-corrected chi connectivity index (χ2v) is 12.4. The minimum Gasteiger partial charge on any atom is -0.487 e. The van der Waals surface area contributed by atoms with Crippen LogP contribution in [0.4, 0.5) is 0 Å². The zero-order valence-electron chi connectivity index (χ0n) is 29.6. The van der Waals surface area contributed by atoms with Gasteiger partial charge >= 0.3 is 5.97 Å². The zero-order chi connectivity index (χ0) is 36.7. The van der Waals surface area contributed by atoms with E-state index in [9.17, 15) is 9.90 Å². The third-order valence-electron chi connectivity index (χ3n) is 8.62. The molecule has 0 radical (unpaired) electrons. The van der Waals surface area contributed by atoms with Gasteiger partial charge in [-0.15, -0.1) is 5.10 Å². The van der Waals surface area contributed by atoms with Crippen molar-refractivity contribution in [3.05, 3.63) is 155 Å². The second-order valence-electron chi connectivity index (χ2n) is 12.4. The molecule has 0 aliphatic rings. The Kier molecular flexibility index (Phi) is 10.3. The number of aryl methyl sites for hydroxylation is 2. The maximum absolute atomic E-state index is 12.0. The maximum Gasteiger partial charge on any atom is 0.342 e. The van der Waals surface area contributed by atoms with Crippen LogP contribution in [0.5, 0.6) is 17.4 Å². The SMILES string of the molecule is CCC(Oc1ccc(COc2nn(Cc3ccc(OCc4nc(-c5ccccc5)oc4C)cc3)cc2C(=O)O)cc1)c1nc(-c2ccccc2)oc1C. The number of carbonyl (C=O) groups is 1. The van der Waals surface area contributed by atoms with Gasteiger partial charge in [-0.3, -0.25) is 4.68 Å². The van der Waals surface area contributed by atoms with Crippen molar-refractivity contribution in [3.8, 4) is 40.3 Å². The number of hydrogen-bond acceptors (Lipinski definition) is 9. The predicted octanol–water partition coefficient (Wildman–Crippen LogP) is 9.24. The van der Waals surface area contributed by atoms with Crippen molar-refractivity contribution in [1.82, 2.24) is 19.7 Å². The first-order valence-electron chi connectivity index (χ1n) is 17.3. The van der Waals surface area contributed by atoms with Crippen LogP contribution in [0.3, 0.4) is 0 Å². The fourth-order valence-electron chi connectivity index (χ4n) is 5.76. The molecule has 11 nitrogen and oxygen atoms in total. The van der Waals surface area contributed by atoms with E-state index in [0.29, 0.717) is 47.8 Å². The molecule has 0 spiro atoms. The summed E-state index contributed by atoms with van der Waals surface area (Å²) in [5.74, 6) is 2.79. The largest absolute Gasteiger partial charge is 0.487 e. The van der Waals surface area contributed by atoms with E-state index >= 15 is 0 Å². The average molecular weight is 711 g/mol. The molecule has 7 aromatic rings. The number of hydrogen-bond donors (Lipinski definition) is 1. The highest BCUT2D eigenvalue weighted by molar-refractivity contribution is 5.89. The lowest BCUT2D eigenvalue weighted by Crippen LogP contribution is -2.08. The molecule has 268 valence electrons. The number of carboxylic acids is 1. The number of aromatic carboxylic acids is 1. The van der Waals surface area contributed by atoms with Gasteiger partial charge in [0, 0.05) is 17.3 Å². The third kappa shape index (κ3) is 8.31. The molecule has 0 saturated heterocycles. The van der Waals surface area contributed by atoms with Crippen molar-refractivity contribution >= 4 is 5.97 Å². The van der Waals surface area contributed by atoms with Crippen LogP contribution in [0, 0.1) is 13.8 Å². The third-order valence-corrected chi connectivity index (χ3v) is 8.62. The van der Waals surface area contributed by atoms with E-state index in [0.717, 1.165) is 33.6 Å². The summed E-state index contributed by atoms with van der Waals surface area (Å²) >= 11 is 0. The molecule has 0 aliphatic carbocycles. The van der Waals surface area contributed by atoms with Crippen LogP contribution >= 0.6 is 0 Å². The topological polar surface area (TPSA) is 135 Å². The molecule has 0 amide bonds. The number of ether oxygens (including phenoxy) is 3. The highest BCUT2D eigenvalue weighted by Gasteiger charge is 2.22.